The number of pyridine rings is 2. The van der Waals surface area contributed by atoms with E-state index in [4.69, 9.17) is 0 Å². The van der Waals surface area contributed by atoms with E-state index in [-0.39, 0.29) is 18.0 Å². The maximum atomic E-state index is 14.0. The van der Waals surface area contributed by atoms with E-state index in [0.29, 0.717) is 43.2 Å². The first-order valence-electron chi connectivity index (χ1n) is 12.9. The van der Waals surface area contributed by atoms with Crippen molar-refractivity contribution in [1.29, 1.82) is 0 Å². The number of likely N-dealkylation sites (tertiary alicyclic amines) is 1. The maximum Gasteiger partial charge on any atom is 0.417 e. The number of H-pyrrole nitrogens is 1. The molecule has 1 unspecified atom stereocenters. The number of rotatable bonds is 5. The summed E-state index contributed by atoms with van der Waals surface area (Å²) in [6, 6.07) is 10.5. The van der Waals surface area contributed by atoms with E-state index in [1.807, 2.05) is 18.2 Å². The highest BCUT2D eigenvalue weighted by atomic mass is 19.4. The molecule has 1 saturated heterocycles. The largest absolute Gasteiger partial charge is 0.417 e. The number of aromatic amines is 1. The smallest absolute Gasteiger partial charge is 0.337 e. The fourth-order valence-electron chi connectivity index (χ4n) is 6.05. The summed E-state index contributed by atoms with van der Waals surface area (Å²) in [6.45, 7) is 2.82. The molecule has 0 bridgehead atoms. The van der Waals surface area contributed by atoms with Crippen molar-refractivity contribution in [3.8, 4) is 0 Å². The molecular weight excluding hydrogens is 481 g/mol. The highest BCUT2D eigenvalue weighted by molar-refractivity contribution is 5.84. The minimum Gasteiger partial charge on any atom is -0.337 e. The Kier molecular flexibility index (Phi) is 5.86. The number of benzene rings is 1. The van der Waals surface area contributed by atoms with E-state index >= 15 is 0 Å². The van der Waals surface area contributed by atoms with Crippen molar-refractivity contribution in [2.45, 2.75) is 51.4 Å². The molecule has 2 aliphatic heterocycles. The van der Waals surface area contributed by atoms with Gasteiger partial charge in [0.2, 0.25) is 11.5 Å². The Bertz CT molecular complexity index is 1410. The van der Waals surface area contributed by atoms with Crippen molar-refractivity contribution in [1.82, 2.24) is 19.8 Å². The van der Waals surface area contributed by atoms with Gasteiger partial charge >= 0.3 is 6.18 Å². The van der Waals surface area contributed by atoms with Crippen LogP contribution >= 0.6 is 0 Å². The second kappa shape index (κ2) is 8.97. The standard InChI is InChI=1S/C28H29F3N4O2/c29-28(30,31)22-12-21-16-35(9-7-23(21)32-14-22)26(37)27(13-18-1-2-18)8-10-34(17-27)15-19-3-5-24-20(11-19)4-6-25(36)33-24/h3-6,11-12,14,18H,1-2,7-10,13,15-17H2,(H,33,36). The molecule has 6 nitrogen and oxygen atoms in total. The first kappa shape index (κ1) is 24.2. The number of carbonyl (C=O) groups excluding carboxylic acids is 1. The van der Waals surface area contributed by atoms with E-state index in [1.54, 1.807) is 4.90 Å². The van der Waals surface area contributed by atoms with Gasteiger partial charge in [-0.2, -0.15) is 13.2 Å². The molecule has 9 heteroatoms. The Labute approximate surface area is 212 Å². The lowest BCUT2D eigenvalue weighted by atomic mass is 9.79. The van der Waals surface area contributed by atoms with E-state index in [9.17, 15) is 22.8 Å². The van der Waals surface area contributed by atoms with Crippen LogP contribution in [0, 0.1) is 11.3 Å². The summed E-state index contributed by atoms with van der Waals surface area (Å²) < 4.78 is 39.8. The Balaban J connectivity index is 1.20. The molecule has 1 atom stereocenters. The molecular formula is C28H29F3N4O2. The van der Waals surface area contributed by atoms with E-state index in [0.717, 1.165) is 61.0 Å². The van der Waals surface area contributed by atoms with E-state index in [1.165, 1.54) is 6.07 Å². The summed E-state index contributed by atoms with van der Waals surface area (Å²) in [5, 5.41) is 0.968. The van der Waals surface area contributed by atoms with Crippen molar-refractivity contribution in [2.75, 3.05) is 19.6 Å². The lowest BCUT2D eigenvalue weighted by Gasteiger charge is -2.37. The zero-order valence-corrected chi connectivity index (χ0v) is 20.5. The second-order valence-electron chi connectivity index (χ2n) is 10.9. The molecule has 2 aromatic heterocycles. The number of nitrogens with zero attached hydrogens (tertiary/aromatic N) is 3. The number of halogens is 3. The quantitative estimate of drug-likeness (QED) is 0.548. The molecule has 37 heavy (non-hydrogen) atoms. The van der Waals surface area contributed by atoms with Gasteiger partial charge < -0.3 is 9.88 Å². The van der Waals surface area contributed by atoms with Crippen LogP contribution in [0.3, 0.4) is 0 Å². The first-order chi connectivity index (χ1) is 17.7. The van der Waals surface area contributed by atoms with Gasteiger partial charge in [-0.3, -0.25) is 19.5 Å². The summed E-state index contributed by atoms with van der Waals surface area (Å²) in [6.07, 6.45) is 0.787. The van der Waals surface area contributed by atoms with Crippen molar-refractivity contribution in [2.24, 2.45) is 11.3 Å². The van der Waals surface area contributed by atoms with Crippen LogP contribution in [0.1, 0.15) is 48.1 Å². The van der Waals surface area contributed by atoms with Crippen LogP contribution in [0.4, 0.5) is 13.2 Å². The number of hydrogen-bond acceptors (Lipinski definition) is 4. The van der Waals surface area contributed by atoms with Crippen molar-refractivity contribution in [3.05, 3.63) is 75.3 Å². The molecule has 0 spiro atoms. The van der Waals surface area contributed by atoms with Crippen LogP contribution in [0.5, 0.6) is 0 Å². The topological polar surface area (TPSA) is 69.3 Å². The normalized spacial score (nSPS) is 22.4. The maximum absolute atomic E-state index is 14.0. The number of alkyl halides is 3. The molecule has 1 aliphatic carbocycles. The molecule has 1 amide bonds. The van der Waals surface area contributed by atoms with Gasteiger partial charge in [0.25, 0.3) is 0 Å². The zero-order chi connectivity index (χ0) is 25.8. The third-order valence-electron chi connectivity index (χ3n) is 8.11. The molecule has 1 saturated carbocycles. The van der Waals surface area contributed by atoms with E-state index in [2.05, 4.69) is 20.9 Å². The number of aromatic nitrogens is 2. The van der Waals surface area contributed by atoms with Gasteiger partial charge in [-0.1, -0.05) is 18.9 Å². The molecule has 6 rings (SSSR count). The van der Waals surface area contributed by atoms with Gasteiger partial charge in [-0.15, -0.1) is 0 Å². The van der Waals surface area contributed by atoms with Gasteiger partial charge in [0.15, 0.2) is 0 Å². The van der Waals surface area contributed by atoms with Crippen LogP contribution in [0.2, 0.25) is 0 Å². The number of hydrogen-bond donors (Lipinski definition) is 1. The van der Waals surface area contributed by atoms with Gasteiger partial charge in [-0.25, -0.2) is 0 Å². The predicted molar refractivity (Wildman–Crippen MR) is 133 cm³/mol. The summed E-state index contributed by atoms with van der Waals surface area (Å²) in [4.78, 5) is 36.6. The van der Waals surface area contributed by atoms with Gasteiger partial charge in [0, 0.05) is 56.1 Å². The van der Waals surface area contributed by atoms with Crippen LogP contribution in [-0.4, -0.2) is 45.3 Å². The molecule has 4 heterocycles. The van der Waals surface area contributed by atoms with Crippen molar-refractivity contribution >= 4 is 16.8 Å². The predicted octanol–water partition coefficient (Wildman–Crippen LogP) is 4.52. The van der Waals surface area contributed by atoms with Crippen LogP contribution < -0.4 is 5.56 Å². The van der Waals surface area contributed by atoms with Crippen molar-refractivity contribution < 1.29 is 18.0 Å². The molecule has 1 aromatic carbocycles. The van der Waals surface area contributed by atoms with Gasteiger partial charge in [0.05, 0.1) is 11.0 Å². The monoisotopic (exact) mass is 510 g/mol. The Morgan fingerprint density at radius 2 is 1.97 bits per heavy atom. The first-order valence-corrected chi connectivity index (χ1v) is 12.9. The molecule has 2 fully saturated rings. The number of carbonyl (C=O) groups is 1. The average Bonchev–Trinajstić information content (AvgIpc) is 3.60. The average molecular weight is 511 g/mol. The lowest BCUT2D eigenvalue weighted by Crippen LogP contribution is -2.47. The van der Waals surface area contributed by atoms with Crippen molar-refractivity contribution in [3.63, 3.8) is 0 Å². The third-order valence-corrected chi connectivity index (χ3v) is 8.11. The lowest BCUT2D eigenvalue weighted by molar-refractivity contribution is -0.143. The second-order valence-corrected chi connectivity index (χ2v) is 10.9. The van der Waals surface area contributed by atoms with Gasteiger partial charge in [0.1, 0.15) is 0 Å². The molecule has 1 N–H and O–H groups in total. The summed E-state index contributed by atoms with van der Waals surface area (Å²) in [7, 11) is 0. The zero-order valence-electron chi connectivity index (χ0n) is 20.5. The molecule has 194 valence electrons. The summed E-state index contributed by atoms with van der Waals surface area (Å²) in [5.41, 5.74) is 1.67. The van der Waals surface area contributed by atoms with Gasteiger partial charge in [-0.05, 0) is 66.1 Å². The number of amides is 1. The summed E-state index contributed by atoms with van der Waals surface area (Å²) >= 11 is 0. The highest BCUT2D eigenvalue weighted by Crippen LogP contribution is 2.47. The number of nitrogens with one attached hydrogen (secondary N) is 1. The fraction of sp³-hybridized carbons (Fsp3) is 0.464. The molecule has 3 aliphatic rings. The Morgan fingerprint density at radius 1 is 1.14 bits per heavy atom. The third kappa shape index (κ3) is 4.89. The molecule has 3 aromatic rings. The van der Waals surface area contributed by atoms with Crippen LogP contribution in [0.15, 0.2) is 47.4 Å². The van der Waals surface area contributed by atoms with Crippen LogP contribution in [0.25, 0.3) is 10.9 Å². The Hall–Kier alpha value is -3.20. The minimum atomic E-state index is -4.45. The van der Waals surface area contributed by atoms with Crippen LogP contribution in [-0.2, 0) is 30.5 Å². The SMILES string of the molecule is O=C(N1CCc2ncc(C(F)(F)F)cc2C1)C1(CC2CC2)CCN(Cc2ccc3[nH]c(=O)ccc3c2)C1. The van der Waals surface area contributed by atoms with E-state index < -0.39 is 17.2 Å². The highest BCUT2D eigenvalue weighted by Gasteiger charge is 2.49. The number of fused-ring (bicyclic) bond motifs is 2. The molecule has 0 radical (unpaired) electrons. The fourth-order valence-corrected chi connectivity index (χ4v) is 6.05. The Morgan fingerprint density at radius 3 is 2.76 bits per heavy atom. The summed E-state index contributed by atoms with van der Waals surface area (Å²) in [5.74, 6) is 0.623. The minimum absolute atomic E-state index is 0.0704.